The number of aryl methyl sites for hydroxylation is 3. The molecule has 2 aromatic heterocycles. The monoisotopic (exact) mass is 326 g/mol. The molecule has 0 atom stereocenters. The number of halogens is 1. The van der Waals surface area contributed by atoms with E-state index in [1.54, 1.807) is 16.0 Å². The van der Waals surface area contributed by atoms with Crippen molar-refractivity contribution >= 4 is 28.8 Å². The van der Waals surface area contributed by atoms with Crippen LogP contribution in [0.3, 0.4) is 0 Å². The predicted molar refractivity (Wildman–Crippen MR) is 84.9 cm³/mol. The van der Waals surface area contributed by atoms with E-state index in [4.69, 9.17) is 11.6 Å². The van der Waals surface area contributed by atoms with Gasteiger partial charge in [0.1, 0.15) is 6.54 Å². The van der Waals surface area contributed by atoms with Crippen LogP contribution in [0.5, 0.6) is 0 Å². The van der Waals surface area contributed by atoms with Crippen molar-refractivity contribution < 1.29 is 4.79 Å². The fraction of sp³-hybridized carbons (Fsp3) is 0.500. The van der Waals surface area contributed by atoms with Gasteiger partial charge in [-0.3, -0.25) is 9.48 Å². The first-order valence-electron chi connectivity index (χ1n) is 6.84. The highest BCUT2D eigenvalue weighted by molar-refractivity contribution is 7.09. The average molecular weight is 327 g/mol. The van der Waals surface area contributed by atoms with Crippen molar-refractivity contribution in [1.82, 2.24) is 20.1 Å². The maximum atomic E-state index is 11.9. The van der Waals surface area contributed by atoms with Gasteiger partial charge in [0.25, 0.3) is 0 Å². The molecule has 0 aliphatic rings. The third-order valence-electron chi connectivity index (χ3n) is 3.14. The highest BCUT2D eigenvalue weighted by atomic mass is 35.5. The number of aromatic nitrogens is 3. The Kier molecular flexibility index (Phi) is 5.36. The van der Waals surface area contributed by atoms with Crippen LogP contribution in [0.2, 0.25) is 5.02 Å². The minimum Gasteiger partial charge on any atom is -0.354 e. The van der Waals surface area contributed by atoms with Gasteiger partial charge in [-0.05, 0) is 27.2 Å². The van der Waals surface area contributed by atoms with Gasteiger partial charge in [0, 0.05) is 24.0 Å². The van der Waals surface area contributed by atoms with Gasteiger partial charge in [0.2, 0.25) is 5.91 Å². The second kappa shape index (κ2) is 7.04. The first-order valence-corrected chi connectivity index (χ1v) is 8.10. The SMILES string of the molecule is Cc1csc(CCCNC(=O)Cn2nc(C)c(Cl)c2C)n1. The van der Waals surface area contributed by atoms with Crippen LogP contribution in [0.4, 0.5) is 0 Å². The number of nitrogens with zero attached hydrogens (tertiary/aromatic N) is 3. The van der Waals surface area contributed by atoms with E-state index >= 15 is 0 Å². The highest BCUT2D eigenvalue weighted by Gasteiger charge is 2.11. The number of carbonyl (C=O) groups excluding carboxylic acids is 1. The molecule has 2 aromatic rings. The van der Waals surface area contributed by atoms with Crippen molar-refractivity contribution in [2.45, 2.75) is 40.2 Å². The Hall–Kier alpha value is -1.40. The number of thiazole rings is 1. The van der Waals surface area contributed by atoms with Crippen molar-refractivity contribution in [1.29, 1.82) is 0 Å². The van der Waals surface area contributed by atoms with E-state index in [0.717, 1.165) is 34.9 Å². The molecule has 1 N–H and O–H groups in total. The van der Waals surface area contributed by atoms with Crippen LogP contribution in [0.25, 0.3) is 0 Å². The van der Waals surface area contributed by atoms with E-state index in [-0.39, 0.29) is 12.5 Å². The summed E-state index contributed by atoms with van der Waals surface area (Å²) in [4.78, 5) is 16.3. The fourth-order valence-electron chi connectivity index (χ4n) is 2.01. The zero-order valence-electron chi connectivity index (χ0n) is 12.4. The molecule has 0 spiro atoms. The molecule has 0 aliphatic heterocycles. The second-order valence-corrected chi connectivity index (χ2v) is 6.30. The number of amides is 1. The van der Waals surface area contributed by atoms with Crippen LogP contribution >= 0.6 is 22.9 Å². The summed E-state index contributed by atoms with van der Waals surface area (Å²) in [5.74, 6) is -0.0485. The van der Waals surface area contributed by atoms with E-state index in [2.05, 4.69) is 15.4 Å². The fourth-order valence-corrected chi connectivity index (χ4v) is 2.96. The van der Waals surface area contributed by atoms with Gasteiger partial charge in [0.05, 0.1) is 21.4 Å². The van der Waals surface area contributed by atoms with E-state index in [0.29, 0.717) is 11.6 Å². The van der Waals surface area contributed by atoms with Gasteiger partial charge in [0.15, 0.2) is 0 Å². The lowest BCUT2D eigenvalue weighted by Crippen LogP contribution is -2.29. The Morgan fingerprint density at radius 2 is 2.19 bits per heavy atom. The molecule has 0 fully saturated rings. The van der Waals surface area contributed by atoms with Gasteiger partial charge in [-0.2, -0.15) is 5.10 Å². The molecule has 5 nitrogen and oxygen atoms in total. The number of hydrogen-bond acceptors (Lipinski definition) is 4. The lowest BCUT2D eigenvalue weighted by atomic mass is 10.3. The van der Waals surface area contributed by atoms with Crippen LogP contribution in [0, 0.1) is 20.8 Å². The lowest BCUT2D eigenvalue weighted by Gasteiger charge is -2.06. The van der Waals surface area contributed by atoms with Gasteiger partial charge >= 0.3 is 0 Å². The summed E-state index contributed by atoms with van der Waals surface area (Å²) < 4.78 is 1.64. The molecular weight excluding hydrogens is 308 g/mol. The van der Waals surface area contributed by atoms with Crippen molar-refractivity contribution in [2.24, 2.45) is 0 Å². The molecule has 0 unspecified atom stereocenters. The molecule has 114 valence electrons. The molecule has 0 saturated carbocycles. The maximum absolute atomic E-state index is 11.9. The summed E-state index contributed by atoms with van der Waals surface area (Å²) in [7, 11) is 0. The van der Waals surface area contributed by atoms with Crippen LogP contribution in [-0.2, 0) is 17.8 Å². The Morgan fingerprint density at radius 3 is 2.76 bits per heavy atom. The largest absolute Gasteiger partial charge is 0.354 e. The minimum atomic E-state index is -0.0485. The Labute approximate surface area is 133 Å². The number of carbonyl (C=O) groups is 1. The van der Waals surface area contributed by atoms with Crippen LogP contribution in [-0.4, -0.2) is 27.2 Å². The quantitative estimate of drug-likeness (QED) is 0.830. The maximum Gasteiger partial charge on any atom is 0.241 e. The highest BCUT2D eigenvalue weighted by Crippen LogP contribution is 2.18. The minimum absolute atomic E-state index is 0.0485. The molecule has 0 radical (unpaired) electrons. The molecule has 0 aliphatic carbocycles. The van der Waals surface area contributed by atoms with Crippen LogP contribution in [0.15, 0.2) is 5.38 Å². The Bertz CT molecular complexity index is 635. The van der Waals surface area contributed by atoms with E-state index in [1.165, 1.54) is 0 Å². The van der Waals surface area contributed by atoms with Gasteiger partial charge in [-0.15, -0.1) is 11.3 Å². The van der Waals surface area contributed by atoms with Crippen molar-refractivity contribution in [3.05, 3.63) is 32.5 Å². The average Bonchev–Trinajstić information content (AvgIpc) is 2.95. The number of rotatable bonds is 6. The molecule has 2 heterocycles. The summed E-state index contributed by atoms with van der Waals surface area (Å²) in [5.41, 5.74) is 2.63. The van der Waals surface area contributed by atoms with Gasteiger partial charge in [-0.1, -0.05) is 11.6 Å². The zero-order valence-corrected chi connectivity index (χ0v) is 14.0. The Morgan fingerprint density at radius 1 is 1.43 bits per heavy atom. The summed E-state index contributed by atoms with van der Waals surface area (Å²) in [6.07, 6.45) is 1.78. The smallest absolute Gasteiger partial charge is 0.241 e. The molecule has 7 heteroatoms. The number of hydrogen-bond donors (Lipinski definition) is 1. The molecule has 0 bridgehead atoms. The predicted octanol–water partition coefficient (Wildman–Crippen LogP) is 2.67. The standard InChI is InChI=1S/C14H19ClN4OS/c1-9-8-21-13(17-9)5-4-6-16-12(20)7-19-11(3)14(15)10(2)18-19/h8H,4-7H2,1-3H3,(H,16,20). The molecule has 2 rings (SSSR count). The van der Waals surface area contributed by atoms with E-state index in [1.807, 2.05) is 26.2 Å². The number of nitrogens with one attached hydrogen (secondary N) is 1. The van der Waals surface area contributed by atoms with Crippen molar-refractivity contribution in [2.75, 3.05) is 6.54 Å². The summed E-state index contributed by atoms with van der Waals surface area (Å²) in [5, 5.41) is 10.9. The second-order valence-electron chi connectivity index (χ2n) is 4.98. The van der Waals surface area contributed by atoms with E-state index in [9.17, 15) is 4.79 Å². The summed E-state index contributed by atoms with van der Waals surface area (Å²) in [6.45, 7) is 6.53. The molecule has 1 amide bonds. The Balaban J connectivity index is 1.73. The first-order chi connectivity index (χ1) is 9.97. The first kappa shape index (κ1) is 16.0. The van der Waals surface area contributed by atoms with Crippen molar-refractivity contribution in [3.63, 3.8) is 0 Å². The zero-order chi connectivity index (χ0) is 15.4. The lowest BCUT2D eigenvalue weighted by molar-refractivity contribution is -0.121. The molecular formula is C14H19ClN4OS. The molecule has 0 aromatic carbocycles. The molecule has 21 heavy (non-hydrogen) atoms. The summed E-state index contributed by atoms with van der Waals surface area (Å²) >= 11 is 7.72. The van der Waals surface area contributed by atoms with Crippen LogP contribution < -0.4 is 5.32 Å². The normalized spacial score (nSPS) is 10.9. The molecule has 0 saturated heterocycles. The topological polar surface area (TPSA) is 59.8 Å². The van der Waals surface area contributed by atoms with Crippen molar-refractivity contribution in [3.8, 4) is 0 Å². The summed E-state index contributed by atoms with van der Waals surface area (Å²) in [6, 6.07) is 0. The van der Waals surface area contributed by atoms with E-state index < -0.39 is 0 Å². The van der Waals surface area contributed by atoms with Gasteiger partial charge < -0.3 is 5.32 Å². The third kappa shape index (κ3) is 4.28. The van der Waals surface area contributed by atoms with Crippen LogP contribution in [0.1, 0.15) is 28.5 Å². The third-order valence-corrected chi connectivity index (χ3v) is 4.72. The van der Waals surface area contributed by atoms with Gasteiger partial charge in [-0.25, -0.2) is 4.98 Å².